The van der Waals surface area contributed by atoms with Crippen molar-refractivity contribution in [2.45, 2.75) is 6.92 Å². The molecule has 0 aliphatic carbocycles. The average molecular weight is 181 g/mol. The maximum atomic E-state index is 11.4. The summed E-state index contributed by atoms with van der Waals surface area (Å²) in [7, 11) is 0. The van der Waals surface area contributed by atoms with E-state index in [2.05, 4.69) is 0 Å². The Kier molecular flexibility index (Phi) is 1.51. The predicted molar refractivity (Wildman–Crippen MR) is 45.4 cm³/mol. The Hall–Kier alpha value is -1.16. The van der Waals surface area contributed by atoms with Gasteiger partial charge in [-0.1, -0.05) is 0 Å². The Bertz CT molecular complexity index is 325. The fraction of sp³-hybridized carbons (Fsp3) is 0.250. The number of amides is 2. The quantitative estimate of drug-likeness (QED) is 0.613. The molecule has 1 aliphatic heterocycles. The lowest BCUT2D eigenvalue weighted by molar-refractivity contribution is 0.0663. The van der Waals surface area contributed by atoms with Crippen LogP contribution in [0.2, 0.25) is 0 Å². The van der Waals surface area contributed by atoms with Crippen LogP contribution in [0.15, 0.2) is 10.8 Å². The normalized spacial score (nSPS) is 15.6. The van der Waals surface area contributed by atoms with Gasteiger partial charge in [0.25, 0.3) is 11.8 Å². The molecule has 2 heterocycles. The van der Waals surface area contributed by atoms with E-state index in [0.717, 1.165) is 0 Å². The SMILES string of the molecule is CCN1C(=O)c2cscc2C1=O. The largest absolute Gasteiger partial charge is 0.275 e. The first-order valence-corrected chi connectivity index (χ1v) is 4.62. The molecule has 62 valence electrons. The fourth-order valence-electron chi connectivity index (χ4n) is 1.30. The summed E-state index contributed by atoms with van der Waals surface area (Å²) in [6.07, 6.45) is 0. The van der Waals surface area contributed by atoms with E-state index < -0.39 is 0 Å². The first kappa shape index (κ1) is 7.49. The van der Waals surface area contributed by atoms with Gasteiger partial charge in [-0.3, -0.25) is 14.5 Å². The van der Waals surface area contributed by atoms with Gasteiger partial charge < -0.3 is 0 Å². The van der Waals surface area contributed by atoms with Crippen LogP contribution in [0, 0.1) is 0 Å². The number of carbonyl (C=O) groups excluding carboxylic acids is 2. The van der Waals surface area contributed by atoms with Gasteiger partial charge in [0, 0.05) is 17.3 Å². The van der Waals surface area contributed by atoms with Gasteiger partial charge in [-0.15, -0.1) is 0 Å². The molecule has 4 heteroatoms. The lowest BCUT2D eigenvalue weighted by Crippen LogP contribution is -2.29. The molecular weight excluding hydrogens is 174 g/mol. The van der Waals surface area contributed by atoms with Gasteiger partial charge in [-0.05, 0) is 6.92 Å². The second-order valence-electron chi connectivity index (χ2n) is 2.55. The van der Waals surface area contributed by atoms with Crippen LogP contribution in [0.25, 0.3) is 0 Å². The highest BCUT2D eigenvalue weighted by Crippen LogP contribution is 2.25. The monoisotopic (exact) mass is 181 g/mol. The lowest BCUT2D eigenvalue weighted by atomic mass is 10.2. The molecule has 0 saturated heterocycles. The van der Waals surface area contributed by atoms with E-state index in [1.54, 1.807) is 17.7 Å². The number of hydrogen-bond donors (Lipinski definition) is 0. The molecule has 0 fully saturated rings. The topological polar surface area (TPSA) is 37.4 Å². The van der Waals surface area contributed by atoms with Gasteiger partial charge in [0.05, 0.1) is 11.1 Å². The Morgan fingerprint density at radius 3 is 2.17 bits per heavy atom. The van der Waals surface area contributed by atoms with Crippen molar-refractivity contribution in [3.63, 3.8) is 0 Å². The highest BCUT2D eigenvalue weighted by Gasteiger charge is 2.34. The van der Waals surface area contributed by atoms with Crippen LogP contribution in [-0.2, 0) is 0 Å². The summed E-state index contributed by atoms with van der Waals surface area (Å²) in [5, 5.41) is 3.45. The first-order valence-electron chi connectivity index (χ1n) is 3.68. The number of nitrogens with zero attached hydrogens (tertiary/aromatic N) is 1. The third-order valence-corrected chi connectivity index (χ3v) is 2.67. The molecule has 1 aromatic heterocycles. The van der Waals surface area contributed by atoms with Gasteiger partial charge in [-0.25, -0.2) is 0 Å². The number of fused-ring (bicyclic) bond motifs is 1. The lowest BCUT2D eigenvalue weighted by Gasteiger charge is -2.09. The summed E-state index contributed by atoms with van der Waals surface area (Å²) in [6.45, 7) is 2.25. The maximum Gasteiger partial charge on any atom is 0.262 e. The van der Waals surface area contributed by atoms with Crippen molar-refractivity contribution in [3.05, 3.63) is 21.9 Å². The fourth-order valence-corrected chi connectivity index (χ4v) is 2.09. The second kappa shape index (κ2) is 2.42. The molecule has 1 aliphatic rings. The Balaban J connectivity index is 2.53. The van der Waals surface area contributed by atoms with E-state index >= 15 is 0 Å². The van der Waals surface area contributed by atoms with Crippen LogP contribution in [0.1, 0.15) is 27.6 Å². The molecule has 2 amide bonds. The standard InChI is InChI=1S/C8H7NO2S/c1-2-9-7(10)5-3-12-4-6(5)8(9)11/h3-4H,2H2,1H3. The summed E-state index contributed by atoms with van der Waals surface area (Å²) in [5.41, 5.74) is 1.12. The minimum atomic E-state index is -0.154. The Morgan fingerprint density at radius 2 is 1.75 bits per heavy atom. The van der Waals surface area contributed by atoms with E-state index in [0.29, 0.717) is 17.7 Å². The van der Waals surface area contributed by atoms with Gasteiger partial charge in [0.1, 0.15) is 0 Å². The minimum absolute atomic E-state index is 0.154. The zero-order chi connectivity index (χ0) is 8.72. The molecule has 2 rings (SSSR count). The molecule has 3 nitrogen and oxygen atoms in total. The van der Waals surface area contributed by atoms with Crippen LogP contribution in [0.3, 0.4) is 0 Å². The highest BCUT2D eigenvalue weighted by molar-refractivity contribution is 7.08. The van der Waals surface area contributed by atoms with Crippen molar-refractivity contribution in [3.8, 4) is 0 Å². The van der Waals surface area contributed by atoms with Crippen molar-refractivity contribution in [2.24, 2.45) is 0 Å². The zero-order valence-corrected chi connectivity index (χ0v) is 7.35. The van der Waals surface area contributed by atoms with Gasteiger partial charge in [0.2, 0.25) is 0 Å². The van der Waals surface area contributed by atoms with Crippen LogP contribution >= 0.6 is 11.3 Å². The van der Waals surface area contributed by atoms with E-state index in [9.17, 15) is 9.59 Å². The molecular formula is C8H7NO2S. The molecule has 0 N–H and O–H groups in total. The van der Waals surface area contributed by atoms with Gasteiger partial charge in [-0.2, -0.15) is 11.3 Å². The van der Waals surface area contributed by atoms with Crippen LogP contribution in [-0.4, -0.2) is 23.3 Å². The van der Waals surface area contributed by atoms with Crippen molar-refractivity contribution in [1.82, 2.24) is 4.90 Å². The summed E-state index contributed by atoms with van der Waals surface area (Å²) in [4.78, 5) is 24.1. The summed E-state index contributed by atoms with van der Waals surface area (Å²) in [5.74, 6) is -0.308. The summed E-state index contributed by atoms with van der Waals surface area (Å²) >= 11 is 1.39. The molecule has 1 aromatic rings. The van der Waals surface area contributed by atoms with Crippen LogP contribution in [0.4, 0.5) is 0 Å². The molecule has 0 radical (unpaired) electrons. The third-order valence-electron chi connectivity index (χ3n) is 1.93. The van der Waals surface area contributed by atoms with Gasteiger partial charge in [0.15, 0.2) is 0 Å². The number of imide groups is 1. The minimum Gasteiger partial charge on any atom is -0.275 e. The molecule has 12 heavy (non-hydrogen) atoms. The smallest absolute Gasteiger partial charge is 0.262 e. The number of carbonyl (C=O) groups is 2. The highest BCUT2D eigenvalue weighted by atomic mass is 32.1. The van der Waals surface area contributed by atoms with Crippen molar-refractivity contribution < 1.29 is 9.59 Å². The van der Waals surface area contributed by atoms with E-state index in [-0.39, 0.29) is 11.8 Å². The Morgan fingerprint density at radius 1 is 1.25 bits per heavy atom. The second-order valence-corrected chi connectivity index (χ2v) is 3.30. The van der Waals surface area contributed by atoms with Crippen molar-refractivity contribution >= 4 is 23.2 Å². The van der Waals surface area contributed by atoms with E-state index in [1.807, 2.05) is 0 Å². The maximum absolute atomic E-state index is 11.4. The average Bonchev–Trinajstić information content (AvgIpc) is 2.58. The van der Waals surface area contributed by atoms with Gasteiger partial charge >= 0.3 is 0 Å². The molecule has 0 unspecified atom stereocenters. The Labute approximate surface area is 73.6 Å². The van der Waals surface area contributed by atoms with E-state index in [4.69, 9.17) is 0 Å². The van der Waals surface area contributed by atoms with Crippen molar-refractivity contribution in [2.75, 3.05) is 6.54 Å². The first-order chi connectivity index (χ1) is 5.75. The van der Waals surface area contributed by atoms with Crippen LogP contribution < -0.4 is 0 Å². The molecule has 0 saturated carbocycles. The van der Waals surface area contributed by atoms with Crippen LogP contribution in [0.5, 0.6) is 0 Å². The van der Waals surface area contributed by atoms with Crippen molar-refractivity contribution in [1.29, 1.82) is 0 Å². The molecule has 0 bridgehead atoms. The summed E-state index contributed by atoms with van der Waals surface area (Å²) < 4.78 is 0. The predicted octanol–water partition coefficient (Wildman–Crippen LogP) is 1.36. The molecule has 0 atom stereocenters. The molecule has 0 spiro atoms. The summed E-state index contributed by atoms with van der Waals surface area (Å²) in [6, 6.07) is 0. The number of hydrogen-bond acceptors (Lipinski definition) is 3. The number of thiophene rings is 1. The third kappa shape index (κ3) is 0.754. The van der Waals surface area contributed by atoms with E-state index in [1.165, 1.54) is 16.2 Å². The molecule has 0 aromatic carbocycles. The zero-order valence-electron chi connectivity index (χ0n) is 6.53. The number of rotatable bonds is 1.